The van der Waals surface area contributed by atoms with Gasteiger partial charge in [-0.1, -0.05) is 196 Å². The molecule has 2 N–H and O–H groups in total. The van der Waals surface area contributed by atoms with E-state index in [9.17, 15) is 14.6 Å². The molecule has 4 nitrogen and oxygen atoms in total. The normalized spacial score (nSPS) is 14.1. The molecular formula is C41H77O4P. The van der Waals surface area contributed by atoms with E-state index in [1.54, 1.807) is 0 Å². The summed E-state index contributed by atoms with van der Waals surface area (Å²) in [6.45, 7) is 19.3. The Hall–Kier alpha value is -0.830. The highest BCUT2D eigenvalue weighted by atomic mass is 31.2. The summed E-state index contributed by atoms with van der Waals surface area (Å²) in [5.41, 5.74) is 1.28. The Bertz CT molecular complexity index is 936. The van der Waals surface area contributed by atoms with E-state index in [-0.39, 0.29) is 17.0 Å². The molecular weight excluding hydrogens is 587 g/mol. The summed E-state index contributed by atoms with van der Waals surface area (Å²) in [5.74, 6) is 0.303. The van der Waals surface area contributed by atoms with Crippen molar-refractivity contribution in [2.75, 3.05) is 0 Å². The van der Waals surface area contributed by atoms with Crippen molar-refractivity contribution in [3.8, 4) is 5.75 Å². The van der Waals surface area contributed by atoms with Crippen molar-refractivity contribution in [2.24, 2.45) is 0 Å². The number of phenolic OH excluding ortho intramolecular Hbond substituents is 1. The molecule has 0 heterocycles. The number of rotatable bonds is 26. The first kappa shape index (κ1) is 43.2. The predicted octanol–water partition coefficient (Wildman–Crippen LogP) is 14.1. The van der Waals surface area contributed by atoms with Gasteiger partial charge < -0.3 is 14.5 Å². The molecule has 0 saturated heterocycles. The second-order valence-corrected chi connectivity index (χ2v) is 18.3. The molecule has 1 aromatic carbocycles. The second-order valence-electron chi connectivity index (χ2n) is 16.5. The van der Waals surface area contributed by atoms with Crippen molar-refractivity contribution in [1.82, 2.24) is 0 Å². The Labute approximate surface area is 286 Å². The van der Waals surface area contributed by atoms with E-state index in [4.69, 9.17) is 4.52 Å². The molecule has 0 bridgehead atoms. The second kappa shape index (κ2) is 22.0. The lowest BCUT2D eigenvalue weighted by molar-refractivity contribution is 0.0225. The Morgan fingerprint density at radius 1 is 0.565 bits per heavy atom. The summed E-state index contributed by atoms with van der Waals surface area (Å²) in [6.07, 6.45) is 25.7. The van der Waals surface area contributed by atoms with Crippen LogP contribution in [-0.2, 0) is 26.1 Å². The van der Waals surface area contributed by atoms with Crippen LogP contribution in [0.15, 0.2) is 12.1 Å². The van der Waals surface area contributed by atoms with Crippen molar-refractivity contribution in [3.05, 3.63) is 28.8 Å². The van der Waals surface area contributed by atoms with Crippen LogP contribution in [0.1, 0.15) is 220 Å². The molecule has 1 rings (SSSR count). The van der Waals surface area contributed by atoms with Gasteiger partial charge in [-0.2, -0.15) is 0 Å². The predicted molar refractivity (Wildman–Crippen MR) is 201 cm³/mol. The summed E-state index contributed by atoms with van der Waals surface area (Å²) in [6, 6.07) is 3.88. The zero-order valence-electron chi connectivity index (χ0n) is 32.1. The smallest absolute Gasteiger partial charge is 0.333 e. The van der Waals surface area contributed by atoms with Crippen molar-refractivity contribution in [2.45, 2.75) is 226 Å². The molecule has 1 atom stereocenters. The Kier molecular flexibility index (Phi) is 20.7. The monoisotopic (exact) mass is 665 g/mol. The van der Waals surface area contributed by atoms with Gasteiger partial charge in [0.15, 0.2) is 0 Å². The zero-order chi connectivity index (χ0) is 34.7. The van der Waals surface area contributed by atoms with Gasteiger partial charge in [0.05, 0.1) is 11.8 Å². The van der Waals surface area contributed by atoms with Gasteiger partial charge in [0.2, 0.25) is 0 Å². The lowest BCUT2D eigenvalue weighted by atomic mass is 9.78. The highest BCUT2D eigenvalue weighted by molar-refractivity contribution is 7.52. The third-order valence-corrected chi connectivity index (χ3v) is 11.1. The molecule has 0 amide bonds. The van der Waals surface area contributed by atoms with Crippen molar-refractivity contribution in [3.63, 3.8) is 0 Å². The van der Waals surface area contributed by atoms with Crippen LogP contribution in [0.2, 0.25) is 0 Å². The van der Waals surface area contributed by atoms with E-state index in [1.165, 1.54) is 89.9 Å². The molecule has 270 valence electrons. The summed E-state index contributed by atoms with van der Waals surface area (Å²) in [5, 5.41) is 11.2. The van der Waals surface area contributed by atoms with Gasteiger partial charge in [-0.25, -0.2) is 0 Å². The molecule has 46 heavy (non-hydrogen) atoms. The quantitative estimate of drug-likeness (QED) is 0.0764. The van der Waals surface area contributed by atoms with E-state index in [2.05, 4.69) is 62.3 Å². The molecule has 5 heteroatoms. The molecule has 0 aliphatic carbocycles. The minimum atomic E-state index is -3.98. The van der Waals surface area contributed by atoms with Crippen LogP contribution in [0.4, 0.5) is 0 Å². The van der Waals surface area contributed by atoms with E-state index in [0.717, 1.165) is 68.1 Å². The minimum absolute atomic E-state index is 0.0226. The number of phenols is 1. The molecule has 0 fully saturated rings. The summed E-state index contributed by atoms with van der Waals surface area (Å²) >= 11 is 0. The van der Waals surface area contributed by atoms with Crippen LogP contribution in [0.3, 0.4) is 0 Å². The first-order chi connectivity index (χ1) is 21.6. The molecule has 1 aromatic rings. The molecule has 0 aromatic heterocycles. The van der Waals surface area contributed by atoms with Gasteiger partial charge in [-0.15, -0.1) is 0 Å². The van der Waals surface area contributed by atoms with Gasteiger partial charge in [0.25, 0.3) is 0 Å². The Morgan fingerprint density at radius 2 is 0.870 bits per heavy atom. The van der Waals surface area contributed by atoms with Crippen LogP contribution in [0, 0.1) is 0 Å². The summed E-state index contributed by atoms with van der Waals surface area (Å²) < 4.78 is 20.9. The molecule has 0 spiro atoms. The van der Waals surface area contributed by atoms with Gasteiger partial charge in [-0.3, -0.25) is 4.57 Å². The number of aromatic hydroxyl groups is 1. The van der Waals surface area contributed by atoms with Gasteiger partial charge >= 0.3 is 7.60 Å². The topological polar surface area (TPSA) is 66.8 Å². The lowest BCUT2D eigenvalue weighted by Crippen LogP contribution is -2.32. The standard InChI is InChI=1S/C41H77O4P/c1-10-13-16-19-22-25-28-31-41(29-26-23-20-17-14-11-2,30-27-24-21-18-15-12-3)45-46(43,44)34-35-32-36(39(4,5)6)38(42)37(33-35)40(7,8)9/h32-33,42H,10-31,34H2,1-9H3,(H,43,44). The highest BCUT2D eigenvalue weighted by Gasteiger charge is 2.38. The number of unbranched alkanes of at least 4 members (excludes halogenated alkanes) is 16. The Morgan fingerprint density at radius 3 is 1.17 bits per heavy atom. The fourth-order valence-corrected chi connectivity index (χ4v) is 8.45. The van der Waals surface area contributed by atoms with E-state index >= 15 is 0 Å². The van der Waals surface area contributed by atoms with Gasteiger partial charge in [0.1, 0.15) is 5.75 Å². The molecule has 0 aliphatic heterocycles. The van der Waals surface area contributed by atoms with E-state index in [0.29, 0.717) is 5.75 Å². The van der Waals surface area contributed by atoms with E-state index < -0.39 is 13.2 Å². The number of benzene rings is 1. The molecule has 1 unspecified atom stereocenters. The maximum Gasteiger partial charge on any atom is 0.333 e. The average Bonchev–Trinajstić information content (AvgIpc) is 2.95. The van der Waals surface area contributed by atoms with Crippen LogP contribution < -0.4 is 0 Å². The fourth-order valence-electron chi connectivity index (χ4n) is 6.87. The minimum Gasteiger partial charge on any atom is -0.507 e. The van der Waals surface area contributed by atoms with Crippen LogP contribution in [0.25, 0.3) is 0 Å². The maximum absolute atomic E-state index is 14.2. The third kappa shape index (κ3) is 17.5. The maximum atomic E-state index is 14.2. The number of hydrogen-bond donors (Lipinski definition) is 2. The van der Waals surface area contributed by atoms with Gasteiger partial charge in [-0.05, 0) is 46.8 Å². The molecule has 0 aliphatic rings. The van der Waals surface area contributed by atoms with Crippen LogP contribution >= 0.6 is 7.60 Å². The van der Waals surface area contributed by atoms with Crippen molar-refractivity contribution < 1.29 is 19.1 Å². The summed E-state index contributed by atoms with van der Waals surface area (Å²) in [4.78, 5) is 11.7. The fraction of sp³-hybridized carbons (Fsp3) is 0.854. The van der Waals surface area contributed by atoms with Crippen LogP contribution in [-0.4, -0.2) is 15.6 Å². The van der Waals surface area contributed by atoms with E-state index in [1.807, 2.05) is 12.1 Å². The highest BCUT2D eigenvalue weighted by Crippen LogP contribution is 2.54. The van der Waals surface area contributed by atoms with Crippen LogP contribution in [0.5, 0.6) is 5.75 Å². The van der Waals surface area contributed by atoms with Crippen molar-refractivity contribution in [1.29, 1.82) is 0 Å². The lowest BCUT2D eigenvalue weighted by Gasteiger charge is -2.36. The zero-order valence-corrected chi connectivity index (χ0v) is 33.0. The van der Waals surface area contributed by atoms with Gasteiger partial charge in [0, 0.05) is 0 Å². The molecule has 0 radical (unpaired) electrons. The first-order valence-corrected chi connectivity index (χ1v) is 21.3. The number of hydrogen-bond acceptors (Lipinski definition) is 3. The molecule has 0 saturated carbocycles. The average molecular weight is 665 g/mol. The van der Waals surface area contributed by atoms with Crippen molar-refractivity contribution >= 4 is 7.60 Å². The summed E-state index contributed by atoms with van der Waals surface area (Å²) in [7, 11) is -3.98. The SMILES string of the molecule is CCCCCCCCCC(CCCCCCCC)(CCCCCCCC)OP(=O)(O)Cc1cc(C(C)(C)C)c(O)c(C(C)(C)C)c1. The Balaban J connectivity index is 3.32. The largest absolute Gasteiger partial charge is 0.507 e. The third-order valence-electron chi connectivity index (χ3n) is 9.71. The first-order valence-electron chi connectivity index (χ1n) is 19.5.